The van der Waals surface area contributed by atoms with Gasteiger partial charge in [-0.05, 0) is 35.7 Å². The lowest BCUT2D eigenvalue weighted by molar-refractivity contribution is 0.0716. The zero-order valence-electron chi connectivity index (χ0n) is 13.4. The number of rotatable bonds is 5. The van der Waals surface area contributed by atoms with Crippen molar-refractivity contribution in [3.63, 3.8) is 0 Å². The summed E-state index contributed by atoms with van der Waals surface area (Å²) >= 11 is 2.65. The van der Waals surface area contributed by atoms with Gasteiger partial charge in [0, 0.05) is 30.6 Å². The second-order valence-corrected chi connectivity index (χ2v) is 9.33. The molecule has 1 fully saturated rings. The third kappa shape index (κ3) is 4.81. The Labute approximate surface area is 161 Å². The van der Waals surface area contributed by atoms with E-state index in [9.17, 15) is 13.2 Å². The van der Waals surface area contributed by atoms with Crippen molar-refractivity contribution in [2.75, 3.05) is 13.1 Å². The van der Waals surface area contributed by atoms with Crippen LogP contribution in [0.2, 0.25) is 0 Å². The predicted octanol–water partition coefficient (Wildman–Crippen LogP) is 2.27. The summed E-state index contributed by atoms with van der Waals surface area (Å²) in [6.45, 7) is 1.36. The molecule has 0 aliphatic carbocycles. The number of amides is 1. The van der Waals surface area contributed by atoms with Crippen LogP contribution in [0.4, 0.5) is 0 Å². The second-order valence-electron chi connectivity index (χ2n) is 5.65. The van der Waals surface area contributed by atoms with Crippen molar-refractivity contribution in [2.24, 2.45) is 5.73 Å². The topological polar surface area (TPSA) is 92.5 Å². The van der Waals surface area contributed by atoms with E-state index < -0.39 is 10.0 Å². The number of nitrogens with zero attached hydrogens (tertiary/aromatic N) is 1. The van der Waals surface area contributed by atoms with Crippen LogP contribution in [0.15, 0.2) is 33.9 Å². The number of likely N-dealkylation sites (tertiary alicyclic amines) is 1. The van der Waals surface area contributed by atoms with Crippen molar-refractivity contribution in [3.05, 3.63) is 38.7 Å². The molecule has 0 atom stereocenters. The van der Waals surface area contributed by atoms with Crippen molar-refractivity contribution >= 4 is 51.0 Å². The van der Waals surface area contributed by atoms with Crippen LogP contribution < -0.4 is 10.5 Å². The van der Waals surface area contributed by atoms with E-state index in [-0.39, 0.29) is 40.7 Å². The molecule has 0 aromatic carbocycles. The number of sulfonamides is 1. The van der Waals surface area contributed by atoms with Crippen molar-refractivity contribution in [1.82, 2.24) is 9.62 Å². The van der Waals surface area contributed by atoms with Crippen LogP contribution in [-0.2, 0) is 16.6 Å². The SMILES string of the molecule is Cl.NC1CCN(C(=O)c2sccc2S(=O)(=O)NCc2cccs2)CC1. The van der Waals surface area contributed by atoms with E-state index in [0.29, 0.717) is 13.1 Å². The van der Waals surface area contributed by atoms with E-state index in [2.05, 4.69) is 4.72 Å². The normalized spacial score (nSPS) is 15.8. The number of nitrogens with two attached hydrogens (primary N) is 1. The minimum Gasteiger partial charge on any atom is -0.338 e. The highest BCUT2D eigenvalue weighted by atomic mass is 35.5. The van der Waals surface area contributed by atoms with Crippen LogP contribution in [0, 0.1) is 0 Å². The van der Waals surface area contributed by atoms with E-state index >= 15 is 0 Å². The number of carbonyl (C=O) groups excluding carboxylic acids is 1. The van der Waals surface area contributed by atoms with Gasteiger partial charge in [0.15, 0.2) is 0 Å². The Hall–Kier alpha value is -0.970. The molecule has 1 aliphatic heterocycles. The fraction of sp³-hybridized carbons (Fsp3) is 0.400. The molecule has 25 heavy (non-hydrogen) atoms. The predicted molar refractivity (Wildman–Crippen MR) is 103 cm³/mol. The number of nitrogens with one attached hydrogen (secondary N) is 1. The molecule has 1 saturated heterocycles. The van der Waals surface area contributed by atoms with E-state index in [1.807, 2.05) is 17.5 Å². The molecule has 3 rings (SSSR count). The molecule has 1 amide bonds. The third-order valence-corrected chi connectivity index (χ3v) is 7.31. The molecule has 0 spiro atoms. The van der Waals surface area contributed by atoms with Crippen LogP contribution in [0.25, 0.3) is 0 Å². The van der Waals surface area contributed by atoms with E-state index in [0.717, 1.165) is 29.1 Å². The number of hydrogen-bond donors (Lipinski definition) is 2. The summed E-state index contributed by atoms with van der Waals surface area (Å²) in [5.41, 5.74) is 5.86. The molecular weight excluding hydrogens is 402 g/mol. The van der Waals surface area contributed by atoms with Gasteiger partial charge < -0.3 is 10.6 Å². The number of carbonyl (C=O) groups is 1. The Balaban J connectivity index is 0.00000225. The maximum atomic E-state index is 12.7. The first kappa shape index (κ1) is 20.3. The average molecular weight is 422 g/mol. The van der Waals surface area contributed by atoms with Gasteiger partial charge >= 0.3 is 0 Å². The lowest BCUT2D eigenvalue weighted by atomic mass is 10.1. The Morgan fingerprint density at radius 1 is 1.24 bits per heavy atom. The minimum atomic E-state index is -3.72. The quantitative estimate of drug-likeness (QED) is 0.774. The molecular formula is C15H20ClN3O3S3. The number of piperidine rings is 1. The molecule has 10 heteroatoms. The molecule has 3 N–H and O–H groups in total. The van der Waals surface area contributed by atoms with E-state index in [4.69, 9.17) is 5.73 Å². The molecule has 0 bridgehead atoms. The number of halogens is 1. The zero-order valence-corrected chi connectivity index (χ0v) is 16.6. The number of hydrogen-bond acceptors (Lipinski definition) is 6. The standard InChI is InChI=1S/C15H19N3O3S3.ClH/c16-11-3-6-18(7-4-11)15(19)14-13(5-9-23-14)24(20,21)17-10-12-2-1-8-22-12;/h1-2,5,8-9,11,17H,3-4,6-7,10,16H2;1H. The van der Waals surface area contributed by atoms with Gasteiger partial charge in [0.2, 0.25) is 10.0 Å². The largest absolute Gasteiger partial charge is 0.338 e. The fourth-order valence-corrected chi connectivity index (χ4v) is 5.70. The molecule has 0 unspecified atom stereocenters. The van der Waals surface area contributed by atoms with Gasteiger partial charge in [0.05, 0.1) is 0 Å². The highest BCUT2D eigenvalue weighted by Crippen LogP contribution is 2.25. The van der Waals surface area contributed by atoms with Gasteiger partial charge in [0.25, 0.3) is 5.91 Å². The van der Waals surface area contributed by atoms with Crippen LogP contribution in [0.5, 0.6) is 0 Å². The monoisotopic (exact) mass is 421 g/mol. The Bertz CT molecular complexity index is 797. The summed E-state index contributed by atoms with van der Waals surface area (Å²) in [6.07, 6.45) is 1.49. The van der Waals surface area contributed by atoms with Gasteiger partial charge in [-0.25, -0.2) is 13.1 Å². The van der Waals surface area contributed by atoms with Crippen LogP contribution in [0.1, 0.15) is 27.4 Å². The third-order valence-electron chi connectivity index (χ3n) is 3.96. The summed E-state index contributed by atoms with van der Waals surface area (Å²) in [7, 11) is -3.72. The summed E-state index contributed by atoms with van der Waals surface area (Å²) in [5, 5.41) is 3.53. The molecule has 2 aromatic heterocycles. The van der Waals surface area contributed by atoms with Crippen molar-refractivity contribution in [2.45, 2.75) is 30.3 Å². The summed E-state index contributed by atoms with van der Waals surface area (Å²) < 4.78 is 27.7. The van der Waals surface area contributed by atoms with Gasteiger partial charge in [-0.3, -0.25) is 4.79 Å². The zero-order chi connectivity index (χ0) is 17.2. The minimum absolute atomic E-state index is 0. The van der Waals surface area contributed by atoms with Crippen LogP contribution >= 0.6 is 35.1 Å². The van der Waals surface area contributed by atoms with Gasteiger partial charge in [-0.1, -0.05) is 6.07 Å². The van der Waals surface area contributed by atoms with Gasteiger partial charge in [-0.15, -0.1) is 35.1 Å². The first-order valence-corrected chi connectivity index (χ1v) is 10.9. The Morgan fingerprint density at radius 3 is 2.60 bits per heavy atom. The molecule has 2 aromatic rings. The van der Waals surface area contributed by atoms with Crippen LogP contribution in [0.3, 0.4) is 0 Å². The first-order chi connectivity index (χ1) is 11.5. The molecule has 138 valence electrons. The first-order valence-electron chi connectivity index (χ1n) is 7.62. The van der Waals surface area contributed by atoms with E-state index in [1.54, 1.807) is 10.3 Å². The summed E-state index contributed by atoms with van der Waals surface area (Å²) in [5.74, 6) is -0.228. The van der Waals surface area contributed by atoms with Crippen molar-refractivity contribution < 1.29 is 13.2 Å². The molecule has 6 nitrogen and oxygen atoms in total. The van der Waals surface area contributed by atoms with Crippen molar-refractivity contribution in [1.29, 1.82) is 0 Å². The van der Waals surface area contributed by atoms with Crippen molar-refractivity contribution in [3.8, 4) is 0 Å². The highest BCUT2D eigenvalue weighted by Gasteiger charge is 2.28. The van der Waals surface area contributed by atoms with Crippen LogP contribution in [-0.4, -0.2) is 38.4 Å². The Kier molecular flexibility index (Phi) is 7.01. The molecule has 0 saturated carbocycles. The lowest BCUT2D eigenvalue weighted by Crippen LogP contribution is -2.43. The fourth-order valence-electron chi connectivity index (χ4n) is 2.57. The number of thiophene rings is 2. The maximum absolute atomic E-state index is 12.7. The highest BCUT2D eigenvalue weighted by molar-refractivity contribution is 7.89. The molecule has 3 heterocycles. The average Bonchev–Trinajstić information content (AvgIpc) is 3.25. The second kappa shape index (κ2) is 8.61. The lowest BCUT2D eigenvalue weighted by Gasteiger charge is -2.30. The van der Waals surface area contributed by atoms with Gasteiger partial charge in [0.1, 0.15) is 9.77 Å². The molecule has 1 aliphatic rings. The van der Waals surface area contributed by atoms with E-state index in [1.165, 1.54) is 17.4 Å². The maximum Gasteiger partial charge on any atom is 0.265 e. The van der Waals surface area contributed by atoms with Gasteiger partial charge in [-0.2, -0.15) is 0 Å². The smallest absolute Gasteiger partial charge is 0.265 e. The summed E-state index contributed by atoms with van der Waals surface area (Å²) in [4.78, 5) is 15.6. The molecule has 0 radical (unpaired) electrons. The summed E-state index contributed by atoms with van der Waals surface area (Å²) in [6, 6.07) is 5.34. The Morgan fingerprint density at radius 2 is 1.96 bits per heavy atom.